The third-order valence-corrected chi connectivity index (χ3v) is 6.23. The average Bonchev–Trinajstić information content (AvgIpc) is 3.15. The molecule has 0 saturated carbocycles. The van der Waals surface area contributed by atoms with Gasteiger partial charge in [0.25, 0.3) is 11.7 Å². The number of ketones is 1. The number of hydrogen-bond donors (Lipinski definition) is 2. The third-order valence-electron chi connectivity index (χ3n) is 6.23. The maximum absolute atomic E-state index is 13.3. The first-order chi connectivity index (χ1) is 17.6. The molecule has 3 aromatic carbocycles. The first-order valence-corrected chi connectivity index (χ1v) is 11.0. The number of carbonyl (C=O) groups excluding carboxylic acids is 2. The highest BCUT2D eigenvalue weighted by atomic mass is 16.6. The van der Waals surface area contributed by atoms with E-state index in [1.807, 2.05) is 6.07 Å². The molecule has 186 valence electrons. The van der Waals surface area contributed by atoms with Gasteiger partial charge in [0, 0.05) is 17.3 Å². The smallest absolute Gasteiger partial charge is 0.311 e. The molecule has 1 aliphatic heterocycles. The van der Waals surface area contributed by atoms with E-state index in [0.29, 0.717) is 22.4 Å². The third kappa shape index (κ3) is 4.23. The molecule has 1 aliphatic rings. The predicted octanol–water partition coefficient (Wildman–Crippen LogP) is 4.42. The summed E-state index contributed by atoms with van der Waals surface area (Å²) in [6, 6.07) is 13.4. The van der Waals surface area contributed by atoms with Gasteiger partial charge in [-0.05, 0) is 73.0 Å². The fourth-order valence-corrected chi connectivity index (χ4v) is 4.38. The summed E-state index contributed by atoms with van der Waals surface area (Å²) in [5, 5.41) is 42.0. The minimum Gasteiger partial charge on any atom is -0.507 e. The highest BCUT2D eigenvalue weighted by molar-refractivity contribution is 6.51. The van der Waals surface area contributed by atoms with E-state index in [0.717, 1.165) is 17.0 Å². The zero-order valence-corrected chi connectivity index (χ0v) is 20.1. The molecule has 37 heavy (non-hydrogen) atoms. The Morgan fingerprint density at radius 2 is 1.76 bits per heavy atom. The second kappa shape index (κ2) is 9.47. The van der Waals surface area contributed by atoms with Gasteiger partial charge in [0.15, 0.2) is 5.75 Å². The van der Waals surface area contributed by atoms with E-state index in [1.165, 1.54) is 37.4 Å². The number of Topliss-reactive ketones (excluding diaryl/α,β-unsaturated/α-hetero) is 1. The summed E-state index contributed by atoms with van der Waals surface area (Å²) in [6.07, 6.45) is 0. The first-order valence-electron chi connectivity index (χ1n) is 11.0. The van der Waals surface area contributed by atoms with E-state index < -0.39 is 39.9 Å². The SMILES string of the molecule is COc1cc(C)c(/C(O)=C2\C(=O)C(=O)N(c3ccc(C#N)cc3)C2c2ccc(O)c([N+](=O)[O-])c2)cc1C. The molecule has 4 rings (SSSR count). The largest absolute Gasteiger partial charge is 0.507 e. The maximum atomic E-state index is 13.3. The normalized spacial score (nSPS) is 16.5. The molecule has 0 aromatic heterocycles. The van der Waals surface area contributed by atoms with Crippen molar-refractivity contribution >= 4 is 28.8 Å². The van der Waals surface area contributed by atoms with Gasteiger partial charge in [0.1, 0.15) is 11.5 Å². The summed E-state index contributed by atoms with van der Waals surface area (Å²) >= 11 is 0. The van der Waals surface area contributed by atoms with Crippen molar-refractivity contribution in [2.75, 3.05) is 12.0 Å². The van der Waals surface area contributed by atoms with Gasteiger partial charge < -0.3 is 14.9 Å². The van der Waals surface area contributed by atoms with Crippen molar-refractivity contribution in [3.8, 4) is 17.6 Å². The Morgan fingerprint density at radius 3 is 2.35 bits per heavy atom. The minimum absolute atomic E-state index is 0.123. The van der Waals surface area contributed by atoms with Crippen LogP contribution in [0.5, 0.6) is 11.5 Å². The molecule has 0 aliphatic carbocycles. The predicted molar refractivity (Wildman–Crippen MR) is 133 cm³/mol. The number of aliphatic hydroxyl groups is 1. The number of nitro groups is 1. The highest BCUT2D eigenvalue weighted by Gasteiger charge is 2.47. The number of nitrogens with zero attached hydrogens (tertiary/aromatic N) is 3. The topological polar surface area (TPSA) is 154 Å². The molecule has 10 nitrogen and oxygen atoms in total. The van der Waals surface area contributed by atoms with Crippen LogP contribution in [0.2, 0.25) is 0 Å². The number of hydrogen-bond acceptors (Lipinski definition) is 8. The zero-order valence-electron chi connectivity index (χ0n) is 20.1. The molecule has 1 unspecified atom stereocenters. The summed E-state index contributed by atoms with van der Waals surface area (Å²) in [5.41, 5.74) is 1.31. The van der Waals surface area contributed by atoms with E-state index >= 15 is 0 Å². The van der Waals surface area contributed by atoms with Crippen LogP contribution in [0.3, 0.4) is 0 Å². The molecule has 1 amide bonds. The number of phenols is 1. The van der Waals surface area contributed by atoms with Gasteiger partial charge in [0.05, 0.1) is 35.3 Å². The Balaban J connectivity index is 2.01. The Morgan fingerprint density at radius 1 is 1.08 bits per heavy atom. The van der Waals surface area contributed by atoms with Crippen molar-refractivity contribution in [1.82, 2.24) is 0 Å². The number of methoxy groups -OCH3 is 1. The zero-order chi connectivity index (χ0) is 27.0. The molecule has 2 N–H and O–H groups in total. The van der Waals surface area contributed by atoms with Crippen LogP contribution in [0.4, 0.5) is 11.4 Å². The number of nitro benzene ring substituents is 1. The Hall–Kier alpha value is -5.17. The Kier molecular flexibility index (Phi) is 6.38. The molecule has 1 heterocycles. The van der Waals surface area contributed by atoms with Gasteiger partial charge in [-0.25, -0.2) is 0 Å². The standard InChI is InChI=1S/C27H21N3O7/c1-14-11-22(37-3)15(2)10-19(14)25(32)23-24(17-6-9-21(31)20(12-17)30(35)36)29(27(34)26(23)33)18-7-4-16(13-28)5-8-18/h4-12,24,31-32H,1-3H3/b25-23+. The van der Waals surface area contributed by atoms with Crippen molar-refractivity contribution in [2.45, 2.75) is 19.9 Å². The Labute approximate surface area is 211 Å². The van der Waals surface area contributed by atoms with Gasteiger partial charge in [-0.15, -0.1) is 0 Å². The van der Waals surface area contributed by atoms with E-state index in [9.17, 15) is 29.9 Å². The summed E-state index contributed by atoms with van der Waals surface area (Å²) in [6.45, 7) is 3.46. The second-order valence-electron chi connectivity index (χ2n) is 8.47. The van der Waals surface area contributed by atoms with Crippen LogP contribution in [-0.4, -0.2) is 33.9 Å². The summed E-state index contributed by atoms with van der Waals surface area (Å²) in [7, 11) is 1.50. The maximum Gasteiger partial charge on any atom is 0.311 e. The molecule has 1 atom stereocenters. The molecule has 1 fully saturated rings. The molecule has 10 heteroatoms. The van der Waals surface area contributed by atoms with E-state index in [-0.39, 0.29) is 22.4 Å². The number of aryl methyl sites for hydroxylation is 2. The van der Waals surface area contributed by atoms with E-state index in [2.05, 4.69) is 0 Å². The fraction of sp³-hybridized carbons (Fsp3) is 0.148. The van der Waals surface area contributed by atoms with Crippen LogP contribution in [0.1, 0.15) is 33.9 Å². The molecule has 3 aromatic rings. The number of amides is 1. The lowest BCUT2D eigenvalue weighted by atomic mass is 9.92. The molecule has 0 bridgehead atoms. The van der Waals surface area contributed by atoms with Gasteiger partial charge in [-0.3, -0.25) is 24.6 Å². The van der Waals surface area contributed by atoms with E-state index in [1.54, 1.807) is 26.0 Å². The lowest BCUT2D eigenvalue weighted by Gasteiger charge is -2.25. The van der Waals surface area contributed by atoms with Crippen LogP contribution >= 0.6 is 0 Å². The summed E-state index contributed by atoms with van der Waals surface area (Å²) < 4.78 is 5.32. The number of aliphatic hydroxyl groups excluding tert-OH is 1. The number of aromatic hydroxyl groups is 1. The summed E-state index contributed by atoms with van der Waals surface area (Å²) in [5.74, 6) is -2.44. The number of nitriles is 1. The quantitative estimate of drug-likeness (QED) is 0.172. The van der Waals surface area contributed by atoms with Crippen molar-refractivity contribution in [3.05, 3.63) is 98.1 Å². The number of phenolic OH excluding ortho intramolecular Hbond substituents is 1. The molecule has 1 saturated heterocycles. The van der Waals surface area contributed by atoms with Crippen molar-refractivity contribution in [2.24, 2.45) is 0 Å². The van der Waals surface area contributed by atoms with Gasteiger partial charge in [-0.1, -0.05) is 6.07 Å². The van der Waals surface area contributed by atoms with Crippen LogP contribution in [0.25, 0.3) is 5.76 Å². The van der Waals surface area contributed by atoms with Crippen LogP contribution < -0.4 is 9.64 Å². The average molecular weight is 499 g/mol. The fourth-order valence-electron chi connectivity index (χ4n) is 4.38. The minimum atomic E-state index is -1.26. The Bertz CT molecular complexity index is 1530. The number of anilines is 1. The molecular formula is C27H21N3O7. The lowest BCUT2D eigenvalue weighted by Crippen LogP contribution is -2.29. The molecular weight excluding hydrogens is 478 g/mol. The van der Waals surface area contributed by atoms with Crippen LogP contribution in [0.15, 0.2) is 60.2 Å². The van der Waals surface area contributed by atoms with Crippen molar-refractivity contribution in [3.63, 3.8) is 0 Å². The molecule has 0 radical (unpaired) electrons. The van der Waals surface area contributed by atoms with Crippen molar-refractivity contribution < 1.29 is 29.5 Å². The number of benzene rings is 3. The number of rotatable bonds is 5. The number of ether oxygens (including phenoxy) is 1. The van der Waals surface area contributed by atoms with Crippen LogP contribution in [0, 0.1) is 35.3 Å². The number of carbonyl (C=O) groups is 2. The van der Waals surface area contributed by atoms with E-state index in [4.69, 9.17) is 10.00 Å². The van der Waals surface area contributed by atoms with Crippen LogP contribution in [-0.2, 0) is 9.59 Å². The van der Waals surface area contributed by atoms with Crippen molar-refractivity contribution in [1.29, 1.82) is 5.26 Å². The van der Waals surface area contributed by atoms with Gasteiger partial charge in [0.2, 0.25) is 0 Å². The lowest BCUT2D eigenvalue weighted by molar-refractivity contribution is -0.385. The second-order valence-corrected chi connectivity index (χ2v) is 8.47. The molecule has 0 spiro atoms. The summed E-state index contributed by atoms with van der Waals surface area (Å²) in [4.78, 5) is 38.5. The highest BCUT2D eigenvalue weighted by Crippen LogP contribution is 2.44. The monoisotopic (exact) mass is 499 g/mol. The van der Waals surface area contributed by atoms with Gasteiger partial charge >= 0.3 is 5.69 Å². The van der Waals surface area contributed by atoms with Gasteiger partial charge in [-0.2, -0.15) is 5.26 Å². The first kappa shape index (κ1) is 24.9.